The third-order valence-corrected chi connectivity index (χ3v) is 5.96. The SMILES string of the molecule is CC(CCC(=O)N[C@H]1CCCN(CCc2cccc(-c3ccccn3)c2)CC1=O)C(N)=O. The van der Waals surface area contributed by atoms with Crippen LogP contribution in [0.3, 0.4) is 0 Å². The largest absolute Gasteiger partial charge is 0.369 e. The van der Waals surface area contributed by atoms with E-state index in [-0.39, 0.29) is 24.0 Å². The topological polar surface area (TPSA) is 105 Å². The number of nitrogens with one attached hydrogen (secondary N) is 1. The van der Waals surface area contributed by atoms with Crippen LogP contribution in [-0.2, 0) is 20.8 Å². The van der Waals surface area contributed by atoms with Gasteiger partial charge < -0.3 is 11.1 Å². The molecule has 0 bridgehead atoms. The number of nitrogens with zero attached hydrogens (tertiary/aromatic N) is 2. The number of likely N-dealkylation sites (tertiary alicyclic amines) is 1. The second-order valence-electron chi connectivity index (χ2n) is 8.51. The van der Waals surface area contributed by atoms with Gasteiger partial charge in [-0.1, -0.05) is 31.2 Å². The highest BCUT2D eigenvalue weighted by Gasteiger charge is 2.26. The van der Waals surface area contributed by atoms with E-state index < -0.39 is 11.9 Å². The molecule has 2 aromatic rings. The molecule has 7 nitrogen and oxygen atoms in total. The summed E-state index contributed by atoms with van der Waals surface area (Å²) in [4.78, 5) is 42.6. The van der Waals surface area contributed by atoms with Gasteiger partial charge >= 0.3 is 0 Å². The lowest BCUT2D eigenvalue weighted by molar-refractivity contribution is -0.128. The van der Waals surface area contributed by atoms with Crippen LogP contribution in [0, 0.1) is 5.92 Å². The minimum Gasteiger partial charge on any atom is -0.369 e. The summed E-state index contributed by atoms with van der Waals surface area (Å²) in [6.07, 6.45) is 4.72. The molecule has 1 saturated heterocycles. The van der Waals surface area contributed by atoms with Crippen LogP contribution in [0.4, 0.5) is 0 Å². The molecular formula is C25H32N4O3. The van der Waals surface area contributed by atoms with E-state index in [0.717, 1.165) is 37.2 Å². The first-order chi connectivity index (χ1) is 15.4. The number of carbonyl (C=O) groups is 3. The van der Waals surface area contributed by atoms with Gasteiger partial charge in [0, 0.05) is 30.6 Å². The van der Waals surface area contributed by atoms with Crippen molar-refractivity contribution in [2.45, 2.75) is 45.1 Å². The number of aromatic nitrogens is 1. The molecule has 1 aromatic carbocycles. The average Bonchev–Trinajstić information content (AvgIpc) is 2.97. The first-order valence-corrected chi connectivity index (χ1v) is 11.3. The van der Waals surface area contributed by atoms with Gasteiger partial charge in [0.15, 0.2) is 5.78 Å². The summed E-state index contributed by atoms with van der Waals surface area (Å²) >= 11 is 0. The van der Waals surface area contributed by atoms with Crippen molar-refractivity contribution in [1.29, 1.82) is 0 Å². The van der Waals surface area contributed by atoms with Gasteiger partial charge in [0.2, 0.25) is 11.8 Å². The molecule has 0 aliphatic carbocycles. The number of nitrogens with two attached hydrogens (primary N) is 1. The quantitative estimate of drug-likeness (QED) is 0.628. The van der Waals surface area contributed by atoms with Crippen molar-refractivity contribution in [3.8, 4) is 11.3 Å². The van der Waals surface area contributed by atoms with E-state index in [4.69, 9.17) is 5.73 Å². The van der Waals surface area contributed by atoms with Crippen molar-refractivity contribution in [3.63, 3.8) is 0 Å². The standard InChI is InChI=1S/C25H32N4O3/c1-18(25(26)32)10-11-24(31)28-22-9-5-14-29(17-23(22)30)15-12-19-6-4-7-20(16-19)21-8-2-3-13-27-21/h2-4,6-8,13,16,18,22H,5,9-12,14-15,17H2,1H3,(H2,26,32)(H,28,31)/t18?,22-/m0/s1. The van der Waals surface area contributed by atoms with Gasteiger partial charge in [0.25, 0.3) is 0 Å². The van der Waals surface area contributed by atoms with E-state index in [1.54, 1.807) is 13.1 Å². The molecule has 1 fully saturated rings. The van der Waals surface area contributed by atoms with Crippen molar-refractivity contribution in [2.24, 2.45) is 11.7 Å². The van der Waals surface area contributed by atoms with E-state index in [9.17, 15) is 14.4 Å². The third kappa shape index (κ3) is 6.99. The number of primary amides is 1. The molecule has 7 heteroatoms. The highest BCUT2D eigenvalue weighted by atomic mass is 16.2. The molecule has 1 unspecified atom stereocenters. The average molecular weight is 437 g/mol. The smallest absolute Gasteiger partial charge is 0.220 e. The van der Waals surface area contributed by atoms with Gasteiger partial charge in [-0.3, -0.25) is 24.3 Å². The van der Waals surface area contributed by atoms with Crippen molar-refractivity contribution < 1.29 is 14.4 Å². The number of Topliss-reactive ketones (excluding diaryl/α,β-unsaturated/α-hetero) is 1. The Morgan fingerprint density at radius 3 is 2.84 bits per heavy atom. The molecule has 2 atom stereocenters. The predicted molar refractivity (Wildman–Crippen MR) is 124 cm³/mol. The summed E-state index contributed by atoms with van der Waals surface area (Å²) in [6, 6.07) is 13.8. The number of benzene rings is 1. The monoisotopic (exact) mass is 436 g/mol. The molecule has 0 saturated carbocycles. The van der Waals surface area contributed by atoms with Gasteiger partial charge in [-0.25, -0.2) is 0 Å². The Labute approximate surface area is 189 Å². The van der Waals surface area contributed by atoms with Crippen molar-refractivity contribution in [2.75, 3.05) is 19.6 Å². The number of carbonyl (C=O) groups excluding carboxylic acids is 3. The summed E-state index contributed by atoms with van der Waals surface area (Å²) in [5, 5.41) is 2.85. The third-order valence-electron chi connectivity index (χ3n) is 5.96. The van der Waals surface area contributed by atoms with Crippen LogP contribution in [-0.4, -0.2) is 53.2 Å². The first-order valence-electron chi connectivity index (χ1n) is 11.3. The molecule has 2 heterocycles. The summed E-state index contributed by atoms with van der Waals surface area (Å²) in [5.41, 5.74) is 8.48. The molecule has 0 spiro atoms. The van der Waals surface area contributed by atoms with Crippen molar-refractivity contribution in [1.82, 2.24) is 15.2 Å². The predicted octanol–water partition coefficient (Wildman–Crippen LogP) is 2.34. The Morgan fingerprint density at radius 1 is 1.25 bits per heavy atom. The number of ketones is 1. The Kier molecular flexibility index (Phi) is 8.50. The highest BCUT2D eigenvalue weighted by molar-refractivity contribution is 5.90. The van der Waals surface area contributed by atoms with Crippen molar-refractivity contribution >= 4 is 17.6 Å². The van der Waals surface area contributed by atoms with Gasteiger partial charge in [0.05, 0.1) is 18.3 Å². The summed E-state index contributed by atoms with van der Waals surface area (Å²) < 4.78 is 0. The van der Waals surface area contributed by atoms with E-state index in [0.29, 0.717) is 19.4 Å². The van der Waals surface area contributed by atoms with Gasteiger partial charge in [-0.15, -0.1) is 0 Å². The number of pyridine rings is 1. The number of hydrogen-bond acceptors (Lipinski definition) is 5. The van der Waals surface area contributed by atoms with Gasteiger partial charge in [-0.2, -0.15) is 0 Å². The molecule has 3 N–H and O–H groups in total. The molecule has 1 aliphatic heterocycles. The van der Waals surface area contributed by atoms with E-state index in [1.165, 1.54) is 5.56 Å². The van der Waals surface area contributed by atoms with Crippen LogP contribution >= 0.6 is 0 Å². The Balaban J connectivity index is 1.49. The zero-order chi connectivity index (χ0) is 22.9. The molecule has 0 radical (unpaired) electrons. The molecule has 32 heavy (non-hydrogen) atoms. The Morgan fingerprint density at radius 2 is 2.09 bits per heavy atom. The number of rotatable bonds is 9. The molecule has 3 rings (SSSR count). The lowest BCUT2D eigenvalue weighted by atomic mass is 10.0. The maximum atomic E-state index is 12.7. The lowest BCUT2D eigenvalue weighted by Crippen LogP contribution is -2.43. The molecule has 1 aromatic heterocycles. The van der Waals surface area contributed by atoms with Crippen LogP contribution in [0.5, 0.6) is 0 Å². The molecule has 1 aliphatic rings. The van der Waals surface area contributed by atoms with Crippen LogP contribution < -0.4 is 11.1 Å². The lowest BCUT2D eigenvalue weighted by Gasteiger charge is -2.20. The van der Waals surface area contributed by atoms with Crippen LogP contribution in [0.25, 0.3) is 11.3 Å². The Hall–Kier alpha value is -3.06. The maximum absolute atomic E-state index is 12.7. The molecule has 170 valence electrons. The van der Waals surface area contributed by atoms with Crippen LogP contribution in [0.2, 0.25) is 0 Å². The second-order valence-corrected chi connectivity index (χ2v) is 8.51. The fourth-order valence-corrected chi connectivity index (χ4v) is 3.90. The second kappa shape index (κ2) is 11.5. The summed E-state index contributed by atoms with van der Waals surface area (Å²) in [6.45, 7) is 3.66. The molecular weight excluding hydrogens is 404 g/mol. The summed E-state index contributed by atoms with van der Waals surface area (Å²) in [7, 11) is 0. The zero-order valence-electron chi connectivity index (χ0n) is 18.6. The van der Waals surface area contributed by atoms with Gasteiger partial charge in [0.1, 0.15) is 0 Å². The minimum absolute atomic E-state index is 0.0426. The van der Waals surface area contributed by atoms with Crippen LogP contribution in [0.15, 0.2) is 48.7 Å². The highest BCUT2D eigenvalue weighted by Crippen LogP contribution is 2.18. The van der Waals surface area contributed by atoms with Gasteiger partial charge in [-0.05, 0) is 56.0 Å². The molecule has 2 amide bonds. The number of hydrogen-bond donors (Lipinski definition) is 2. The maximum Gasteiger partial charge on any atom is 0.220 e. The Bertz CT molecular complexity index is 932. The fourth-order valence-electron chi connectivity index (χ4n) is 3.90. The van der Waals surface area contributed by atoms with Crippen LogP contribution in [0.1, 0.15) is 38.2 Å². The van der Waals surface area contributed by atoms with E-state index in [1.807, 2.05) is 24.3 Å². The zero-order valence-corrected chi connectivity index (χ0v) is 18.6. The summed E-state index contributed by atoms with van der Waals surface area (Å²) in [5.74, 6) is -0.918. The number of amides is 2. The van der Waals surface area contributed by atoms with E-state index >= 15 is 0 Å². The fraction of sp³-hybridized carbons (Fsp3) is 0.440. The first kappa shape index (κ1) is 23.6. The minimum atomic E-state index is -0.455. The normalized spacial score (nSPS) is 18.0. The van der Waals surface area contributed by atoms with Crippen molar-refractivity contribution in [3.05, 3.63) is 54.2 Å². The van der Waals surface area contributed by atoms with E-state index in [2.05, 4.69) is 33.4 Å².